The smallest absolute Gasteiger partial charge is 0.339 e. The lowest BCUT2D eigenvalue weighted by molar-refractivity contribution is 0.0691. The van der Waals surface area contributed by atoms with Gasteiger partial charge in [-0.15, -0.1) is 0 Å². The second-order valence-electron chi connectivity index (χ2n) is 4.15. The molecule has 2 rings (SSSR count). The molecule has 0 spiro atoms. The molecule has 0 fully saturated rings. The van der Waals surface area contributed by atoms with Gasteiger partial charge in [0.05, 0.1) is 11.6 Å². The van der Waals surface area contributed by atoms with Crippen molar-refractivity contribution in [3.05, 3.63) is 64.7 Å². The van der Waals surface area contributed by atoms with Crippen molar-refractivity contribution in [1.82, 2.24) is 0 Å². The molecule has 0 heterocycles. The van der Waals surface area contributed by atoms with E-state index in [0.29, 0.717) is 0 Å². The Hall–Kier alpha value is -2.94. The lowest BCUT2D eigenvalue weighted by Gasteiger charge is -2.10. The van der Waals surface area contributed by atoms with Gasteiger partial charge in [-0.05, 0) is 30.3 Å². The molecule has 0 aliphatic rings. The van der Waals surface area contributed by atoms with Crippen molar-refractivity contribution < 1.29 is 23.4 Å². The molecule has 0 aromatic heterocycles. The van der Waals surface area contributed by atoms with E-state index in [-0.39, 0.29) is 29.0 Å². The molecule has 0 aliphatic heterocycles. The van der Waals surface area contributed by atoms with Crippen molar-refractivity contribution in [2.45, 2.75) is 6.61 Å². The molecular formula is C15H9F2NO3. The first-order valence-corrected chi connectivity index (χ1v) is 5.85. The third-order valence-corrected chi connectivity index (χ3v) is 2.74. The number of benzene rings is 2. The molecule has 2 aromatic rings. The molecule has 0 aliphatic carbocycles. The maximum absolute atomic E-state index is 13.2. The van der Waals surface area contributed by atoms with Gasteiger partial charge in [0.15, 0.2) is 0 Å². The zero-order valence-electron chi connectivity index (χ0n) is 10.6. The van der Waals surface area contributed by atoms with E-state index in [1.54, 1.807) is 0 Å². The number of hydrogen-bond acceptors (Lipinski definition) is 3. The van der Waals surface area contributed by atoms with E-state index >= 15 is 0 Å². The van der Waals surface area contributed by atoms with Crippen LogP contribution in [0.25, 0.3) is 0 Å². The number of aromatic carboxylic acids is 1. The number of rotatable bonds is 4. The van der Waals surface area contributed by atoms with Crippen LogP contribution in [0.2, 0.25) is 0 Å². The Morgan fingerprint density at radius 1 is 1.19 bits per heavy atom. The summed E-state index contributed by atoms with van der Waals surface area (Å²) >= 11 is 0. The minimum absolute atomic E-state index is 0.185. The lowest BCUT2D eigenvalue weighted by Crippen LogP contribution is -2.05. The summed E-state index contributed by atoms with van der Waals surface area (Å²) in [6, 6.07) is 8.40. The molecule has 0 saturated carbocycles. The number of nitriles is 1. The van der Waals surface area contributed by atoms with Gasteiger partial charge < -0.3 is 9.84 Å². The predicted octanol–water partition coefficient (Wildman–Crippen LogP) is 3.11. The average Bonchev–Trinajstić information content (AvgIpc) is 2.45. The third-order valence-electron chi connectivity index (χ3n) is 2.74. The second-order valence-corrected chi connectivity index (χ2v) is 4.15. The summed E-state index contributed by atoms with van der Waals surface area (Å²) in [5.74, 6) is -2.67. The maximum atomic E-state index is 13.2. The van der Waals surface area contributed by atoms with Crippen LogP contribution in [0, 0.1) is 23.0 Å². The van der Waals surface area contributed by atoms with Crippen LogP contribution in [0.3, 0.4) is 0 Å². The van der Waals surface area contributed by atoms with E-state index in [1.165, 1.54) is 6.07 Å². The number of halogens is 2. The van der Waals surface area contributed by atoms with Gasteiger partial charge in [0, 0.05) is 11.6 Å². The Bertz CT molecular complexity index is 738. The maximum Gasteiger partial charge on any atom is 0.339 e. The second kappa shape index (κ2) is 6.01. The molecule has 1 N–H and O–H groups in total. The van der Waals surface area contributed by atoms with Crippen molar-refractivity contribution in [3.63, 3.8) is 0 Å². The van der Waals surface area contributed by atoms with Gasteiger partial charge in [0.1, 0.15) is 29.6 Å². The first-order chi connectivity index (χ1) is 10.0. The predicted molar refractivity (Wildman–Crippen MR) is 68.8 cm³/mol. The highest BCUT2D eigenvalue weighted by molar-refractivity contribution is 5.90. The highest BCUT2D eigenvalue weighted by Crippen LogP contribution is 2.22. The molecule has 0 amide bonds. The monoisotopic (exact) mass is 289 g/mol. The standard InChI is InChI=1S/C15H9F2NO3/c16-11-2-1-9(7-18)10(5-11)8-21-14-6-12(17)3-4-13(14)15(19)20/h1-6H,8H2,(H,19,20). The minimum atomic E-state index is -1.27. The molecule has 0 unspecified atom stereocenters. The molecular weight excluding hydrogens is 280 g/mol. The van der Waals surface area contributed by atoms with Gasteiger partial charge >= 0.3 is 5.97 Å². The van der Waals surface area contributed by atoms with Crippen LogP contribution in [-0.2, 0) is 6.61 Å². The molecule has 4 nitrogen and oxygen atoms in total. The number of nitrogens with zero attached hydrogens (tertiary/aromatic N) is 1. The number of hydrogen-bond donors (Lipinski definition) is 1. The number of ether oxygens (including phenoxy) is 1. The van der Waals surface area contributed by atoms with Crippen LogP contribution in [0.15, 0.2) is 36.4 Å². The first-order valence-electron chi connectivity index (χ1n) is 5.85. The number of carbonyl (C=O) groups is 1. The summed E-state index contributed by atoms with van der Waals surface area (Å²) in [4.78, 5) is 11.0. The minimum Gasteiger partial charge on any atom is -0.488 e. The normalized spacial score (nSPS) is 9.95. The summed E-state index contributed by atoms with van der Waals surface area (Å²) in [5, 5.41) is 17.9. The van der Waals surface area contributed by atoms with Crippen LogP contribution in [0.1, 0.15) is 21.5 Å². The van der Waals surface area contributed by atoms with E-state index in [4.69, 9.17) is 15.1 Å². The molecule has 21 heavy (non-hydrogen) atoms. The summed E-state index contributed by atoms with van der Waals surface area (Å²) in [5.41, 5.74) is 0.231. The molecule has 0 saturated heterocycles. The molecule has 106 valence electrons. The van der Waals surface area contributed by atoms with E-state index in [0.717, 1.165) is 30.3 Å². The summed E-state index contributed by atoms with van der Waals surface area (Å²) in [6.07, 6.45) is 0. The van der Waals surface area contributed by atoms with Gasteiger partial charge in [0.25, 0.3) is 0 Å². The number of carboxylic acids is 1. The summed E-state index contributed by atoms with van der Waals surface area (Å²) in [7, 11) is 0. The van der Waals surface area contributed by atoms with Crippen molar-refractivity contribution in [2.75, 3.05) is 0 Å². The Balaban J connectivity index is 2.29. The fourth-order valence-corrected chi connectivity index (χ4v) is 1.74. The highest BCUT2D eigenvalue weighted by Gasteiger charge is 2.13. The van der Waals surface area contributed by atoms with Gasteiger partial charge in [-0.3, -0.25) is 0 Å². The van der Waals surface area contributed by atoms with Crippen LogP contribution >= 0.6 is 0 Å². The van der Waals surface area contributed by atoms with Crippen LogP contribution in [0.4, 0.5) is 8.78 Å². The van der Waals surface area contributed by atoms with Crippen molar-refractivity contribution >= 4 is 5.97 Å². The fraction of sp³-hybridized carbons (Fsp3) is 0.0667. The van der Waals surface area contributed by atoms with Gasteiger partial charge in [0.2, 0.25) is 0 Å². The fourth-order valence-electron chi connectivity index (χ4n) is 1.74. The van der Waals surface area contributed by atoms with E-state index in [9.17, 15) is 13.6 Å². The summed E-state index contributed by atoms with van der Waals surface area (Å²) < 4.78 is 31.5. The Kier molecular flexibility index (Phi) is 4.14. The molecule has 6 heteroatoms. The molecule has 0 bridgehead atoms. The van der Waals surface area contributed by atoms with Gasteiger partial charge in [-0.2, -0.15) is 5.26 Å². The highest BCUT2D eigenvalue weighted by atomic mass is 19.1. The van der Waals surface area contributed by atoms with Crippen LogP contribution in [-0.4, -0.2) is 11.1 Å². The van der Waals surface area contributed by atoms with E-state index < -0.39 is 17.6 Å². The van der Waals surface area contributed by atoms with Gasteiger partial charge in [-0.1, -0.05) is 0 Å². The van der Waals surface area contributed by atoms with Crippen LogP contribution < -0.4 is 4.74 Å². The Morgan fingerprint density at radius 2 is 1.86 bits per heavy atom. The largest absolute Gasteiger partial charge is 0.488 e. The van der Waals surface area contributed by atoms with Crippen LogP contribution in [0.5, 0.6) is 5.75 Å². The van der Waals surface area contributed by atoms with E-state index in [2.05, 4.69) is 0 Å². The molecule has 0 atom stereocenters. The SMILES string of the molecule is N#Cc1ccc(F)cc1COc1cc(F)ccc1C(=O)O. The summed E-state index contributed by atoms with van der Waals surface area (Å²) in [6.45, 7) is -0.246. The Labute approximate surface area is 118 Å². The van der Waals surface area contributed by atoms with Gasteiger partial charge in [-0.25, -0.2) is 13.6 Å². The van der Waals surface area contributed by atoms with Crippen molar-refractivity contribution in [2.24, 2.45) is 0 Å². The number of carboxylic acid groups (broad SMARTS) is 1. The van der Waals surface area contributed by atoms with E-state index in [1.807, 2.05) is 6.07 Å². The van der Waals surface area contributed by atoms with Crippen molar-refractivity contribution in [1.29, 1.82) is 5.26 Å². The third kappa shape index (κ3) is 3.34. The lowest BCUT2D eigenvalue weighted by atomic mass is 10.1. The zero-order valence-corrected chi connectivity index (χ0v) is 10.6. The quantitative estimate of drug-likeness (QED) is 0.938. The molecule has 2 aromatic carbocycles. The van der Waals surface area contributed by atoms with Crippen molar-refractivity contribution in [3.8, 4) is 11.8 Å². The first kappa shape index (κ1) is 14.5. The zero-order chi connectivity index (χ0) is 15.4. The molecule has 0 radical (unpaired) electrons. The topological polar surface area (TPSA) is 70.3 Å². The average molecular weight is 289 g/mol. The Morgan fingerprint density at radius 3 is 2.52 bits per heavy atom.